The van der Waals surface area contributed by atoms with Gasteiger partial charge in [0.05, 0.1) is 22.6 Å². The first-order valence-corrected chi connectivity index (χ1v) is 12.4. The van der Waals surface area contributed by atoms with E-state index < -0.39 is 29.0 Å². The van der Waals surface area contributed by atoms with E-state index in [0.29, 0.717) is 29.2 Å². The number of phenolic OH excluding ortho intramolecular Hbond substituents is 1. The van der Waals surface area contributed by atoms with Gasteiger partial charge in [0.1, 0.15) is 11.4 Å². The van der Waals surface area contributed by atoms with Crippen molar-refractivity contribution < 1.29 is 32.9 Å². The van der Waals surface area contributed by atoms with E-state index in [0.717, 1.165) is 41.9 Å². The molecule has 0 aromatic heterocycles. The summed E-state index contributed by atoms with van der Waals surface area (Å²) in [7, 11) is 0. The van der Waals surface area contributed by atoms with Crippen molar-refractivity contribution in [2.24, 2.45) is 0 Å². The molecule has 0 saturated carbocycles. The number of nitrogens with one attached hydrogen (secondary N) is 1. The van der Waals surface area contributed by atoms with Gasteiger partial charge in [-0.1, -0.05) is 42.8 Å². The van der Waals surface area contributed by atoms with Crippen molar-refractivity contribution >= 4 is 29.5 Å². The summed E-state index contributed by atoms with van der Waals surface area (Å²) in [6, 6.07) is 7.79. The van der Waals surface area contributed by atoms with Crippen LogP contribution in [0, 0.1) is 0 Å². The number of aliphatic hydroxyl groups is 1. The van der Waals surface area contributed by atoms with E-state index in [4.69, 9.17) is 16.3 Å². The van der Waals surface area contributed by atoms with Crippen LogP contribution in [-0.4, -0.2) is 34.1 Å². The molecule has 2 aromatic rings. The van der Waals surface area contributed by atoms with E-state index in [9.17, 15) is 28.2 Å². The minimum absolute atomic E-state index is 0.0624. The van der Waals surface area contributed by atoms with E-state index >= 15 is 0 Å². The van der Waals surface area contributed by atoms with Gasteiger partial charge in [-0.15, -0.1) is 0 Å². The van der Waals surface area contributed by atoms with Crippen LogP contribution < -0.4 is 5.32 Å². The van der Waals surface area contributed by atoms with Crippen LogP contribution >= 0.6 is 23.4 Å². The topological polar surface area (TPSA) is 78.8 Å². The van der Waals surface area contributed by atoms with E-state index in [2.05, 4.69) is 5.32 Å². The summed E-state index contributed by atoms with van der Waals surface area (Å²) in [5.41, 5.74) is -1.67. The van der Waals surface area contributed by atoms with Gasteiger partial charge in [-0.05, 0) is 75.9 Å². The van der Waals surface area contributed by atoms with Crippen molar-refractivity contribution in [2.75, 3.05) is 6.61 Å². The van der Waals surface area contributed by atoms with E-state index in [1.807, 2.05) is 6.92 Å². The maximum Gasteiger partial charge on any atom is 0.416 e. The van der Waals surface area contributed by atoms with Gasteiger partial charge in [0.2, 0.25) is 0 Å². The maximum absolute atomic E-state index is 13.0. The lowest BCUT2D eigenvalue weighted by molar-refractivity contribution is -0.137. The molecule has 3 N–H and O–H groups in total. The first-order valence-electron chi connectivity index (χ1n) is 11.2. The molecule has 0 heterocycles. The fourth-order valence-corrected chi connectivity index (χ4v) is 4.78. The molecule has 0 bridgehead atoms. The molecule has 0 saturated heterocycles. The number of alkyl carbamates (subject to hydrolysis) is 1. The summed E-state index contributed by atoms with van der Waals surface area (Å²) in [5.74, 6) is -0.260. The number of aliphatic hydroxyl groups excluding tert-OH is 1. The number of hydrogen-bond donors (Lipinski definition) is 3. The van der Waals surface area contributed by atoms with Crippen molar-refractivity contribution in [2.45, 2.75) is 80.5 Å². The summed E-state index contributed by atoms with van der Waals surface area (Å²) in [5, 5.41) is 23.3. The Bertz CT molecular complexity index is 1030. The van der Waals surface area contributed by atoms with Crippen molar-refractivity contribution in [1.29, 1.82) is 0 Å². The Morgan fingerprint density at radius 2 is 1.80 bits per heavy atom. The van der Waals surface area contributed by atoms with Crippen LogP contribution in [0.5, 0.6) is 5.75 Å². The SMILES string of the molecule is CCCC(CO)(CCc1ccc(Sc2cc(C(F)(F)F)ccc2O)cc1Cl)NC(=O)OC(C)(C)C. The number of carbonyl (C=O) groups excluding carboxylic acids is 1. The number of carbonyl (C=O) groups is 1. The minimum Gasteiger partial charge on any atom is -0.507 e. The van der Waals surface area contributed by atoms with Crippen LogP contribution in [0.3, 0.4) is 0 Å². The van der Waals surface area contributed by atoms with Crippen molar-refractivity contribution in [3.63, 3.8) is 0 Å². The molecule has 0 fully saturated rings. The normalized spacial score (nSPS) is 13.9. The Labute approximate surface area is 213 Å². The first kappa shape index (κ1) is 29.1. The van der Waals surface area contributed by atoms with Crippen LogP contribution in [-0.2, 0) is 17.3 Å². The lowest BCUT2D eigenvalue weighted by Gasteiger charge is -2.34. The zero-order valence-corrected chi connectivity index (χ0v) is 21.7. The Morgan fingerprint density at radius 1 is 1.11 bits per heavy atom. The molecule has 2 rings (SSSR count). The third-order valence-corrected chi connectivity index (χ3v) is 6.60. The monoisotopic (exact) mass is 533 g/mol. The molecule has 1 atom stereocenters. The summed E-state index contributed by atoms with van der Waals surface area (Å²) in [6.07, 6.45) is -3.04. The van der Waals surface area contributed by atoms with Gasteiger partial charge in [-0.3, -0.25) is 0 Å². The number of amides is 1. The number of aromatic hydroxyl groups is 1. The molecule has 10 heteroatoms. The van der Waals surface area contributed by atoms with Crippen LogP contribution in [0.25, 0.3) is 0 Å². The van der Waals surface area contributed by atoms with Gasteiger partial charge in [0.25, 0.3) is 0 Å². The molecule has 0 spiro atoms. The second kappa shape index (κ2) is 11.8. The molecule has 5 nitrogen and oxygen atoms in total. The van der Waals surface area contributed by atoms with E-state index in [1.54, 1.807) is 39.0 Å². The number of benzene rings is 2. The Hall–Kier alpha value is -2.10. The highest BCUT2D eigenvalue weighted by Crippen LogP contribution is 2.40. The van der Waals surface area contributed by atoms with Gasteiger partial charge >= 0.3 is 12.3 Å². The van der Waals surface area contributed by atoms with Gasteiger partial charge in [-0.25, -0.2) is 4.79 Å². The van der Waals surface area contributed by atoms with Crippen LogP contribution in [0.4, 0.5) is 18.0 Å². The quantitative estimate of drug-likeness (QED) is 0.317. The molecule has 1 amide bonds. The second-order valence-corrected chi connectivity index (χ2v) is 10.9. The lowest BCUT2D eigenvalue weighted by atomic mass is 9.87. The van der Waals surface area contributed by atoms with Crippen LogP contribution in [0.2, 0.25) is 5.02 Å². The number of aryl methyl sites for hydroxylation is 1. The van der Waals surface area contributed by atoms with Crippen LogP contribution in [0.15, 0.2) is 46.2 Å². The molecule has 35 heavy (non-hydrogen) atoms. The van der Waals surface area contributed by atoms with Crippen molar-refractivity contribution in [3.05, 3.63) is 52.5 Å². The average molecular weight is 534 g/mol. The molecule has 0 aliphatic carbocycles. The molecule has 194 valence electrons. The molecular weight excluding hydrogens is 503 g/mol. The summed E-state index contributed by atoms with van der Waals surface area (Å²) in [6.45, 7) is 6.94. The predicted octanol–water partition coefficient (Wildman–Crippen LogP) is 7.20. The number of alkyl halides is 3. The molecule has 0 radical (unpaired) electrons. The number of rotatable bonds is 9. The van der Waals surface area contributed by atoms with Gasteiger partial charge in [-0.2, -0.15) is 13.2 Å². The highest BCUT2D eigenvalue weighted by molar-refractivity contribution is 7.99. The van der Waals surface area contributed by atoms with Gasteiger partial charge < -0.3 is 20.3 Å². The number of halogens is 4. The molecule has 1 unspecified atom stereocenters. The molecule has 0 aliphatic rings. The molecular formula is C25H31ClF3NO4S. The van der Waals surface area contributed by atoms with E-state index in [-0.39, 0.29) is 17.3 Å². The Kier molecular flexibility index (Phi) is 9.79. The lowest BCUT2D eigenvalue weighted by Crippen LogP contribution is -2.53. The Balaban J connectivity index is 2.16. The highest BCUT2D eigenvalue weighted by Gasteiger charge is 2.33. The van der Waals surface area contributed by atoms with E-state index in [1.165, 1.54) is 0 Å². The number of hydrogen-bond acceptors (Lipinski definition) is 5. The fraction of sp³-hybridized carbons (Fsp3) is 0.480. The predicted molar refractivity (Wildman–Crippen MR) is 131 cm³/mol. The number of phenols is 1. The van der Waals surface area contributed by atoms with Gasteiger partial charge in [0.15, 0.2) is 0 Å². The summed E-state index contributed by atoms with van der Waals surface area (Å²) in [4.78, 5) is 13.0. The zero-order valence-electron chi connectivity index (χ0n) is 20.1. The molecule has 0 aliphatic heterocycles. The van der Waals surface area contributed by atoms with Crippen LogP contribution in [0.1, 0.15) is 58.1 Å². The van der Waals surface area contributed by atoms with Crippen molar-refractivity contribution in [1.82, 2.24) is 5.32 Å². The average Bonchev–Trinajstić information content (AvgIpc) is 2.72. The second-order valence-electron chi connectivity index (χ2n) is 9.35. The standard InChI is InChI=1S/C25H31ClF3NO4S/c1-5-11-24(15-31,30-22(33)34-23(2,3)4)12-10-16-6-8-18(14-19(16)26)35-21-13-17(25(27,28)29)7-9-20(21)32/h6-9,13-14,31-32H,5,10-12,15H2,1-4H3,(H,30,33). The third kappa shape index (κ3) is 8.81. The largest absolute Gasteiger partial charge is 0.507 e. The zero-order chi connectivity index (χ0) is 26.4. The Morgan fingerprint density at radius 3 is 2.34 bits per heavy atom. The fourth-order valence-electron chi connectivity index (χ4n) is 3.51. The maximum atomic E-state index is 13.0. The first-order chi connectivity index (χ1) is 16.2. The highest BCUT2D eigenvalue weighted by atomic mass is 35.5. The van der Waals surface area contributed by atoms with Gasteiger partial charge in [0, 0.05) is 9.92 Å². The number of ether oxygens (including phenoxy) is 1. The smallest absolute Gasteiger partial charge is 0.416 e. The minimum atomic E-state index is -4.52. The summed E-state index contributed by atoms with van der Waals surface area (Å²) < 4.78 is 44.4. The summed E-state index contributed by atoms with van der Waals surface area (Å²) >= 11 is 7.42. The third-order valence-electron chi connectivity index (χ3n) is 5.21. The molecule has 2 aromatic carbocycles. The van der Waals surface area contributed by atoms with Crippen molar-refractivity contribution in [3.8, 4) is 5.75 Å².